The van der Waals surface area contributed by atoms with Gasteiger partial charge in [-0.05, 0) is 18.1 Å². The minimum absolute atomic E-state index is 0.0113. The second kappa shape index (κ2) is 5.85. The molecule has 1 unspecified atom stereocenters. The van der Waals surface area contributed by atoms with Gasteiger partial charge in [0.2, 0.25) is 0 Å². The molecule has 0 aliphatic rings. The molecule has 0 radical (unpaired) electrons. The number of hydrogen-bond donors (Lipinski definition) is 2. The van der Waals surface area contributed by atoms with Crippen molar-refractivity contribution in [3.63, 3.8) is 0 Å². The first-order valence-electron chi connectivity index (χ1n) is 5.38. The summed E-state index contributed by atoms with van der Waals surface area (Å²) in [5, 5.41) is 20.8. The average Bonchev–Trinajstić information content (AvgIpc) is 2.28. The molecule has 1 aromatic heterocycles. The zero-order valence-electron chi connectivity index (χ0n) is 9.84. The van der Waals surface area contributed by atoms with Gasteiger partial charge in [0.25, 0.3) is 0 Å². The van der Waals surface area contributed by atoms with Gasteiger partial charge in [0.1, 0.15) is 6.07 Å². The molecule has 2 N–H and O–H groups in total. The summed E-state index contributed by atoms with van der Waals surface area (Å²) in [4.78, 5) is 14.7. The number of carboxylic acid groups (broad SMARTS) is 1. The van der Waals surface area contributed by atoms with Crippen LogP contribution in [-0.4, -0.2) is 22.1 Å². The number of carboxylic acids is 1. The summed E-state index contributed by atoms with van der Waals surface area (Å²) in [5.74, 6) is -0.712. The lowest BCUT2D eigenvalue weighted by atomic mass is 10.0. The van der Waals surface area contributed by atoms with Crippen molar-refractivity contribution in [2.45, 2.75) is 26.3 Å². The summed E-state index contributed by atoms with van der Waals surface area (Å²) in [6, 6.07) is 5.19. The van der Waals surface area contributed by atoms with Crippen molar-refractivity contribution in [2.24, 2.45) is 5.92 Å². The van der Waals surface area contributed by atoms with Crippen LogP contribution in [0.1, 0.15) is 26.0 Å². The van der Waals surface area contributed by atoms with Gasteiger partial charge in [0.15, 0.2) is 5.69 Å². The summed E-state index contributed by atoms with van der Waals surface area (Å²) < 4.78 is 0. The maximum atomic E-state index is 10.7. The Hall–Kier alpha value is -2.09. The lowest BCUT2D eigenvalue weighted by Gasteiger charge is -2.22. The Kier molecular flexibility index (Phi) is 4.46. The summed E-state index contributed by atoms with van der Waals surface area (Å²) in [6.07, 6.45) is 1.54. The van der Waals surface area contributed by atoms with Crippen molar-refractivity contribution in [2.75, 3.05) is 5.32 Å². The fourth-order valence-electron chi connectivity index (χ4n) is 1.45. The van der Waals surface area contributed by atoms with E-state index in [-0.39, 0.29) is 24.1 Å². The highest BCUT2D eigenvalue weighted by Gasteiger charge is 2.18. The minimum Gasteiger partial charge on any atom is -0.481 e. The fraction of sp³-hybridized carbons (Fsp3) is 0.417. The molecule has 1 rings (SSSR count). The maximum absolute atomic E-state index is 10.7. The number of rotatable bonds is 5. The molecule has 1 heterocycles. The van der Waals surface area contributed by atoms with E-state index in [4.69, 9.17) is 10.4 Å². The molecule has 0 spiro atoms. The van der Waals surface area contributed by atoms with Gasteiger partial charge in [-0.1, -0.05) is 13.8 Å². The Labute approximate surface area is 100 Å². The Bertz CT molecular complexity index is 438. The number of nitriles is 1. The van der Waals surface area contributed by atoms with E-state index in [1.165, 1.54) is 6.20 Å². The van der Waals surface area contributed by atoms with E-state index in [9.17, 15) is 4.79 Å². The van der Waals surface area contributed by atoms with Crippen LogP contribution in [0.3, 0.4) is 0 Å². The monoisotopic (exact) mass is 233 g/mol. The second-order valence-corrected chi connectivity index (χ2v) is 4.10. The van der Waals surface area contributed by atoms with Crippen LogP contribution in [0.4, 0.5) is 5.69 Å². The highest BCUT2D eigenvalue weighted by atomic mass is 16.4. The number of nitrogens with zero attached hydrogens (tertiary/aromatic N) is 2. The third kappa shape index (κ3) is 3.76. The SMILES string of the molecule is CC(C)C(CC(=O)O)Nc1cccnc1C#N. The largest absolute Gasteiger partial charge is 0.481 e. The Morgan fingerprint density at radius 2 is 2.35 bits per heavy atom. The van der Waals surface area contributed by atoms with Crippen LogP contribution >= 0.6 is 0 Å². The maximum Gasteiger partial charge on any atom is 0.305 e. The molecule has 17 heavy (non-hydrogen) atoms. The topological polar surface area (TPSA) is 86.0 Å². The first kappa shape index (κ1) is 13.0. The lowest BCUT2D eigenvalue weighted by Crippen LogP contribution is -2.29. The number of carbonyl (C=O) groups is 1. The number of hydrogen-bond acceptors (Lipinski definition) is 4. The summed E-state index contributed by atoms with van der Waals surface area (Å²) in [6.45, 7) is 3.87. The van der Waals surface area contributed by atoms with E-state index in [0.717, 1.165) is 0 Å². The van der Waals surface area contributed by atoms with Crippen LogP contribution in [0.15, 0.2) is 18.3 Å². The van der Waals surface area contributed by atoms with E-state index in [1.807, 2.05) is 19.9 Å². The summed E-state index contributed by atoms with van der Waals surface area (Å²) >= 11 is 0. The van der Waals surface area contributed by atoms with Crippen LogP contribution in [0.5, 0.6) is 0 Å². The molecular formula is C12H15N3O2. The number of nitrogens with one attached hydrogen (secondary N) is 1. The molecule has 0 fully saturated rings. The van der Waals surface area contributed by atoms with Crippen LogP contribution < -0.4 is 5.32 Å². The van der Waals surface area contributed by atoms with Gasteiger partial charge >= 0.3 is 5.97 Å². The fourth-order valence-corrected chi connectivity index (χ4v) is 1.45. The number of anilines is 1. The van der Waals surface area contributed by atoms with Gasteiger partial charge < -0.3 is 10.4 Å². The Morgan fingerprint density at radius 1 is 1.65 bits per heavy atom. The third-order valence-electron chi connectivity index (χ3n) is 2.45. The number of pyridine rings is 1. The lowest BCUT2D eigenvalue weighted by molar-refractivity contribution is -0.137. The third-order valence-corrected chi connectivity index (χ3v) is 2.45. The first-order valence-corrected chi connectivity index (χ1v) is 5.38. The molecule has 0 saturated heterocycles. The molecule has 0 bridgehead atoms. The van der Waals surface area contributed by atoms with Gasteiger partial charge in [-0.3, -0.25) is 4.79 Å². The highest BCUT2D eigenvalue weighted by Crippen LogP contribution is 2.17. The summed E-state index contributed by atoms with van der Waals surface area (Å²) in [7, 11) is 0. The van der Waals surface area contributed by atoms with Crippen molar-refractivity contribution in [3.05, 3.63) is 24.0 Å². The van der Waals surface area contributed by atoms with Crippen molar-refractivity contribution < 1.29 is 9.90 Å². The predicted octanol–water partition coefficient (Wildman–Crippen LogP) is 1.86. The molecule has 0 aromatic carbocycles. The molecule has 0 amide bonds. The molecule has 0 saturated carbocycles. The van der Waals surface area contributed by atoms with Gasteiger partial charge in [0, 0.05) is 12.2 Å². The Balaban J connectivity index is 2.86. The highest BCUT2D eigenvalue weighted by molar-refractivity contribution is 5.68. The molecule has 5 heteroatoms. The van der Waals surface area contributed by atoms with Gasteiger partial charge in [-0.25, -0.2) is 4.98 Å². The second-order valence-electron chi connectivity index (χ2n) is 4.10. The molecular weight excluding hydrogens is 218 g/mol. The van der Waals surface area contributed by atoms with Crippen molar-refractivity contribution >= 4 is 11.7 Å². The summed E-state index contributed by atoms with van der Waals surface area (Å²) in [5.41, 5.74) is 0.860. The molecule has 1 atom stereocenters. The van der Waals surface area contributed by atoms with E-state index >= 15 is 0 Å². The van der Waals surface area contributed by atoms with Gasteiger partial charge in [0.05, 0.1) is 12.1 Å². The van der Waals surface area contributed by atoms with E-state index in [2.05, 4.69) is 10.3 Å². The number of aliphatic carboxylic acids is 1. The molecule has 0 aliphatic heterocycles. The normalized spacial score (nSPS) is 11.9. The minimum atomic E-state index is -0.862. The zero-order valence-corrected chi connectivity index (χ0v) is 9.84. The zero-order chi connectivity index (χ0) is 12.8. The van der Waals surface area contributed by atoms with Crippen molar-refractivity contribution in [3.8, 4) is 6.07 Å². The quantitative estimate of drug-likeness (QED) is 0.810. The van der Waals surface area contributed by atoms with Crippen LogP contribution in [-0.2, 0) is 4.79 Å². The van der Waals surface area contributed by atoms with E-state index < -0.39 is 5.97 Å². The van der Waals surface area contributed by atoms with E-state index in [0.29, 0.717) is 5.69 Å². The molecule has 5 nitrogen and oxygen atoms in total. The molecule has 0 aliphatic carbocycles. The van der Waals surface area contributed by atoms with Crippen LogP contribution in [0.2, 0.25) is 0 Å². The van der Waals surface area contributed by atoms with Crippen molar-refractivity contribution in [1.82, 2.24) is 4.98 Å². The average molecular weight is 233 g/mol. The van der Waals surface area contributed by atoms with Crippen LogP contribution in [0, 0.1) is 17.2 Å². The van der Waals surface area contributed by atoms with Crippen molar-refractivity contribution in [1.29, 1.82) is 5.26 Å². The van der Waals surface area contributed by atoms with Gasteiger partial charge in [-0.15, -0.1) is 0 Å². The van der Waals surface area contributed by atoms with Crippen LogP contribution in [0.25, 0.3) is 0 Å². The first-order chi connectivity index (χ1) is 8.04. The molecule has 1 aromatic rings. The predicted molar refractivity (Wildman–Crippen MR) is 63.5 cm³/mol. The number of aromatic nitrogens is 1. The van der Waals surface area contributed by atoms with Gasteiger partial charge in [-0.2, -0.15) is 5.26 Å². The smallest absolute Gasteiger partial charge is 0.305 e. The standard InChI is InChI=1S/C12H15N3O2/c1-8(2)10(6-12(16)17)15-9-4-3-5-14-11(9)7-13/h3-5,8,10,15H,6H2,1-2H3,(H,16,17). The van der Waals surface area contributed by atoms with E-state index in [1.54, 1.807) is 12.1 Å². The molecule has 90 valence electrons. The Morgan fingerprint density at radius 3 is 2.88 bits per heavy atom.